The average Bonchev–Trinajstić information content (AvgIpc) is 3.39. The number of likely N-dealkylation sites (tertiary alicyclic amines) is 1. The van der Waals surface area contributed by atoms with Crippen molar-refractivity contribution < 1.29 is 4.52 Å². The highest BCUT2D eigenvalue weighted by molar-refractivity contribution is 5.85. The minimum absolute atomic E-state index is 0.290. The van der Waals surface area contributed by atoms with Gasteiger partial charge in [-0.25, -0.2) is 0 Å². The molecule has 2 aromatic heterocycles. The van der Waals surface area contributed by atoms with Gasteiger partial charge in [0.05, 0.1) is 5.92 Å². The fourth-order valence-corrected chi connectivity index (χ4v) is 3.86. The van der Waals surface area contributed by atoms with E-state index in [4.69, 9.17) is 4.52 Å². The predicted octanol–water partition coefficient (Wildman–Crippen LogP) is 4.27. The lowest BCUT2D eigenvalue weighted by atomic mass is 10.0. The normalized spacial score (nSPS) is 17.6. The Labute approximate surface area is 157 Å². The van der Waals surface area contributed by atoms with E-state index in [9.17, 15) is 0 Å². The van der Waals surface area contributed by atoms with E-state index < -0.39 is 0 Å². The number of fused-ring (bicyclic) bond motifs is 1. The zero-order chi connectivity index (χ0) is 18.1. The number of nitrogens with zero attached hydrogens (tertiary/aromatic N) is 4. The van der Waals surface area contributed by atoms with E-state index >= 15 is 0 Å². The molecule has 0 spiro atoms. The topological polar surface area (TPSA) is 55.1 Å². The van der Waals surface area contributed by atoms with Gasteiger partial charge >= 0.3 is 0 Å². The summed E-state index contributed by atoms with van der Waals surface area (Å²) >= 11 is 0. The Kier molecular flexibility index (Phi) is 4.14. The maximum atomic E-state index is 5.56. The molecule has 134 valence electrons. The van der Waals surface area contributed by atoms with Gasteiger partial charge in [0.25, 0.3) is 0 Å². The summed E-state index contributed by atoms with van der Waals surface area (Å²) in [7, 11) is 0. The van der Waals surface area contributed by atoms with Crippen LogP contribution in [0.2, 0.25) is 0 Å². The van der Waals surface area contributed by atoms with E-state index in [0.717, 1.165) is 37.5 Å². The van der Waals surface area contributed by atoms with Crippen molar-refractivity contribution in [2.45, 2.75) is 18.9 Å². The molecule has 0 radical (unpaired) electrons. The van der Waals surface area contributed by atoms with Crippen LogP contribution in [0.3, 0.4) is 0 Å². The molecule has 27 heavy (non-hydrogen) atoms. The molecule has 0 amide bonds. The summed E-state index contributed by atoms with van der Waals surface area (Å²) < 4.78 is 5.56. The van der Waals surface area contributed by atoms with Crippen molar-refractivity contribution in [2.75, 3.05) is 13.1 Å². The first kappa shape index (κ1) is 16.1. The van der Waals surface area contributed by atoms with E-state index in [1.54, 1.807) is 12.4 Å². The first-order valence-electron chi connectivity index (χ1n) is 9.30. The SMILES string of the molecule is c1cncc(-c2noc(C3CCN(Cc4cccc5ccccc45)C3)n2)c1. The minimum Gasteiger partial charge on any atom is -0.339 e. The van der Waals surface area contributed by atoms with Crippen molar-refractivity contribution in [3.63, 3.8) is 0 Å². The summed E-state index contributed by atoms with van der Waals surface area (Å²) in [6.45, 7) is 2.93. The lowest BCUT2D eigenvalue weighted by Crippen LogP contribution is -2.20. The molecule has 5 rings (SSSR count). The maximum absolute atomic E-state index is 5.56. The second-order valence-electron chi connectivity index (χ2n) is 7.06. The predicted molar refractivity (Wildman–Crippen MR) is 104 cm³/mol. The number of hydrogen-bond acceptors (Lipinski definition) is 5. The molecular formula is C22H20N4O. The Hall–Kier alpha value is -3.05. The fourth-order valence-electron chi connectivity index (χ4n) is 3.86. The van der Waals surface area contributed by atoms with E-state index in [1.807, 2.05) is 12.1 Å². The van der Waals surface area contributed by atoms with Crippen LogP contribution in [0.1, 0.15) is 23.8 Å². The minimum atomic E-state index is 0.290. The van der Waals surface area contributed by atoms with Crippen molar-refractivity contribution in [3.05, 3.63) is 78.4 Å². The first-order valence-corrected chi connectivity index (χ1v) is 9.30. The molecule has 0 N–H and O–H groups in total. The van der Waals surface area contributed by atoms with Crippen molar-refractivity contribution >= 4 is 10.8 Å². The third kappa shape index (κ3) is 3.22. The second kappa shape index (κ2) is 6.93. The van der Waals surface area contributed by atoms with Gasteiger partial charge in [0.2, 0.25) is 11.7 Å². The standard InChI is InChI=1S/C22H20N4O/c1-2-9-20-16(5-1)6-3-7-18(20)14-26-12-10-19(15-26)22-24-21(25-27-22)17-8-4-11-23-13-17/h1-9,11,13,19H,10,12,14-15H2. The van der Waals surface area contributed by atoms with Crippen LogP contribution in [0, 0.1) is 0 Å². The van der Waals surface area contributed by atoms with Gasteiger partial charge in [-0.2, -0.15) is 4.98 Å². The van der Waals surface area contributed by atoms with Crippen LogP contribution in [0.15, 0.2) is 71.5 Å². The van der Waals surface area contributed by atoms with Gasteiger partial charge in [-0.15, -0.1) is 0 Å². The van der Waals surface area contributed by atoms with Gasteiger partial charge in [-0.3, -0.25) is 9.88 Å². The number of rotatable bonds is 4. The zero-order valence-corrected chi connectivity index (χ0v) is 15.0. The van der Waals surface area contributed by atoms with Crippen molar-refractivity contribution in [3.8, 4) is 11.4 Å². The molecular weight excluding hydrogens is 336 g/mol. The largest absolute Gasteiger partial charge is 0.339 e. The van der Waals surface area contributed by atoms with E-state index in [1.165, 1.54) is 16.3 Å². The highest BCUT2D eigenvalue weighted by Gasteiger charge is 2.28. The van der Waals surface area contributed by atoms with Crippen LogP contribution in [0.5, 0.6) is 0 Å². The van der Waals surface area contributed by atoms with Crippen molar-refractivity contribution in [2.24, 2.45) is 0 Å². The van der Waals surface area contributed by atoms with Gasteiger partial charge in [-0.05, 0) is 41.4 Å². The van der Waals surface area contributed by atoms with Crippen molar-refractivity contribution in [1.29, 1.82) is 0 Å². The molecule has 1 aliphatic heterocycles. The van der Waals surface area contributed by atoms with Gasteiger partial charge < -0.3 is 4.52 Å². The summed E-state index contributed by atoms with van der Waals surface area (Å²) in [5.41, 5.74) is 2.26. The van der Waals surface area contributed by atoms with E-state index in [0.29, 0.717) is 5.82 Å². The van der Waals surface area contributed by atoms with Crippen LogP contribution < -0.4 is 0 Å². The summed E-state index contributed by atoms with van der Waals surface area (Å²) in [4.78, 5) is 11.2. The maximum Gasteiger partial charge on any atom is 0.231 e. The average molecular weight is 356 g/mol. The molecule has 5 nitrogen and oxygen atoms in total. The van der Waals surface area contributed by atoms with Crippen molar-refractivity contribution in [1.82, 2.24) is 20.0 Å². The molecule has 0 aliphatic carbocycles. The van der Waals surface area contributed by atoms with E-state index in [2.05, 4.69) is 62.5 Å². The Morgan fingerprint density at radius 1 is 1.04 bits per heavy atom. The number of pyridine rings is 1. The fraction of sp³-hybridized carbons (Fsp3) is 0.227. The molecule has 2 aromatic carbocycles. The highest BCUT2D eigenvalue weighted by atomic mass is 16.5. The Morgan fingerprint density at radius 2 is 1.96 bits per heavy atom. The van der Waals surface area contributed by atoms with Crippen LogP contribution >= 0.6 is 0 Å². The Bertz CT molecular complexity index is 1050. The second-order valence-corrected chi connectivity index (χ2v) is 7.06. The van der Waals surface area contributed by atoms with Gasteiger partial charge in [0, 0.05) is 31.0 Å². The third-order valence-electron chi connectivity index (χ3n) is 5.26. The smallest absolute Gasteiger partial charge is 0.231 e. The summed E-state index contributed by atoms with van der Waals surface area (Å²) in [5.74, 6) is 1.64. The summed E-state index contributed by atoms with van der Waals surface area (Å²) in [5, 5.41) is 6.76. The summed E-state index contributed by atoms with van der Waals surface area (Å²) in [6.07, 6.45) is 4.54. The van der Waals surface area contributed by atoms with Gasteiger partial charge in [0.15, 0.2) is 0 Å². The molecule has 1 unspecified atom stereocenters. The molecule has 1 aliphatic rings. The van der Waals surface area contributed by atoms with Gasteiger partial charge in [0.1, 0.15) is 0 Å². The Balaban J connectivity index is 1.31. The molecule has 4 aromatic rings. The molecule has 1 saturated heterocycles. The highest BCUT2D eigenvalue weighted by Crippen LogP contribution is 2.29. The lowest BCUT2D eigenvalue weighted by Gasteiger charge is -2.16. The van der Waals surface area contributed by atoms with Crippen LogP contribution in [-0.2, 0) is 6.54 Å². The molecule has 5 heteroatoms. The summed E-state index contributed by atoms with van der Waals surface area (Å²) in [6, 6.07) is 18.9. The first-order chi connectivity index (χ1) is 13.4. The molecule has 0 saturated carbocycles. The molecule has 0 bridgehead atoms. The number of aromatic nitrogens is 3. The third-order valence-corrected chi connectivity index (χ3v) is 5.26. The van der Waals surface area contributed by atoms with Crippen LogP contribution in [0.4, 0.5) is 0 Å². The quantitative estimate of drug-likeness (QED) is 0.546. The monoisotopic (exact) mass is 356 g/mol. The number of benzene rings is 2. The molecule has 1 atom stereocenters. The van der Waals surface area contributed by atoms with E-state index in [-0.39, 0.29) is 5.92 Å². The molecule has 3 heterocycles. The van der Waals surface area contributed by atoms with Gasteiger partial charge in [-0.1, -0.05) is 47.6 Å². The molecule has 1 fully saturated rings. The van der Waals surface area contributed by atoms with Crippen LogP contribution in [0.25, 0.3) is 22.2 Å². The lowest BCUT2D eigenvalue weighted by molar-refractivity contribution is 0.310. The Morgan fingerprint density at radius 3 is 2.89 bits per heavy atom. The number of hydrogen-bond donors (Lipinski definition) is 0. The van der Waals surface area contributed by atoms with Crippen LogP contribution in [-0.4, -0.2) is 33.1 Å². The zero-order valence-electron chi connectivity index (χ0n) is 15.0.